The van der Waals surface area contributed by atoms with E-state index in [1.54, 1.807) is 32.5 Å². The summed E-state index contributed by atoms with van der Waals surface area (Å²) in [7, 11) is 0. The summed E-state index contributed by atoms with van der Waals surface area (Å²) >= 11 is 1.62. The van der Waals surface area contributed by atoms with Crippen LogP contribution < -0.4 is 10.6 Å². The number of carboxylic acid groups (broad SMARTS) is 1. The van der Waals surface area contributed by atoms with Crippen molar-refractivity contribution in [1.82, 2.24) is 10.6 Å². The zero-order chi connectivity index (χ0) is 13.6. The first-order valence-electron chi connectivity index (χ1n) is 5.47. The van der Waals surface area contributed by atoms with Gasteiger partial charge in [-0.1, -0.05) is 20.8 Å². The predicted octanol–water partition coefficient (Wildman–Crippen LogP) is 1.54. The lowest BCUT2D eigenvalue weighted by Gasteiger charge is -2.28. The van der Waals surface area contributed by atoms with Crippen LogP contribution in [0.5, 0.6) is 0 Å². The molecule has 2 amide bonds. The van der Waals surface area contributed by atoms with Crippen LogP contribution in [0.25, 0.3) is 0 Å². The zero-order valence-electron chi connectivity index (χ0n) is 11.0. The van der Waals surface area contributed by atoms with Crippen molar-refractivity contribution >= 4 is 23.8 Å². The van der Waals surface area contributed by atoms with Gasteiger partial charge in [-0.25, -0.2) is 9.59 Å². The number of hydrogen-bond acceptors (Lipinski definition) is 3. The summed E-state index contributed by atoms with van der Waals surface area (Å²) in [5.74, 6) is -0.231. The number of aliphatic carboxylic acids is 1. The summed E-state index contributed by atoms with van der Waals surface area (Å²) in [4.78, 5) is 22.6. The molecular weight excluding hydrogens is 240 g/mol. The van der Waals surface area contributed by atoms with Crippen molar-refractivity contribution in [2.24, 2.45) is 5.41 Å². The third-order valence-electron chi connectivity index (χ3n) is 2.18. The molecule has 0 saturated heterocycles. The Labute approximate surface area is 107 Å². The van der Waals surface area contributed by atoms with Gasteiger partial charge in [-0.05, 0) is 18.6 Å². The fourth-order valence-electron chi connectivity index (χ4n) is 1.34. The van der Waals surface area contributed by atoms with Gasteiger partial charge in [0.25, 0.3) is 0 Å². The van der Waals surface area contributed by atoms with E-state index in [1.807, 2.05) is 13.2 Å². The first-order chi connectivity index (χ1) is 7.68. The molecule has 0 aromatic heterocycles. The number of nitrogens with one attached hydrogen (secondary N) is 2. The molecule has 0 saturated carbocycles. The van der Waals surface area contributed by atoms with E-state index < -0.39 is 23.5 Å². The van der Waals surface area contributed by atoms with Gasteiger partial charge in [0.05, 0.1) is 0 Å². The Kier molecular flexibility index (Phi) is 6.37. The highest BCUT2D eigenvalue weighted by Gasteiger charge is 2.32. The number of carboxylic acids is 1. The minimum Gasteiger partial charge on any atom is -0.480 e. The van der Waals surface area contributed by atoms with Crippen molar-refractivity contribution in [3.8, 4) is 0 Å². The highest BCUT2D eigenvalue weighted by atomic mass is 32.2. The molecule has 6 heteroatoms. The van der Waals surface area contributed by atoms with Crippen LogP contribution >= 0.6 is 11.8 Å². The summed E-state index contributed by atoms with van der Waals surface area (Å²) in [6, 6.07) is -1.32. The van der Waals surface area contributed by atoms with Gasteiger partial charge in [0.15, 0.2) is 0 Å². The summed E-state index contributed by atoms with van der Waals surface area (Å²) in [5, 5.41) is 14.2. The van der Waals surface area contributed by atoms with Crippen molar-refractivity contribution < 1.29 is 14.7 Å². The number of carbonyl (C=O) groups is 2. The monoisotopic (exact) mass is 262 g/mol. The van der Waals surface area contributed by atoms with Crippen molar-refractivity contribution in [2.75, 3.05) is 12.0 Å². The standard InChI is InChI=1S/C11H22N2O3S/c1-7(6-17-5)12-10(16)13-8(9(14)15)11(2,3)4/h7-8H,6H2,1-5H3,(H,14,15)(H2,12,13,16). The maximum atomic E-state index is 11.6. The molecule has 0 aromatic carbocycles. The maximum Gasteiger partial charge on any atom is 0.326 e. The lowest BCUT2D eigenvalue weighted by molar-refractivity contribution is -0.141. The van der Waals surface area contributed by atoms with E-state index in [0.717, 1.165) is 5.75 Å². The molecule has 2 atom stereocenters. The van der Waals surface area contributed by atoms with Crippen molar-refractivity contribution in [2.45, 2.75) is 39.8 Å². The lowest BCUT2D eigenvalue weighted by Crippen LogP contribution is -2.53. The van der Waals surface area contributed by atoms with Crippen LogP contribution in [0, 0.1) is 5.41 Å². The Bertz CT molecular complexity index is 276. The Morgan fingerprint density at radius 2 is 1.82 bits per heavy atom. The van der Waals surface area contributed by atoms with E-state index in [2.05, 4.69) is 10.6 Å². The molecule has 2 unspecified atom stereocenters. The summed E-state index contributed by atoms with van der Waals surface area (Å²) in [5.41, 5.74) is -0.522. The fraction of sp³-hybridized carbons (Fsp3) is 0.818. The number of urea groups is 1. The van der Waals surface area contributed by atoms with E-state index in [0.29, 0.717) is 0 Å². The average molecular weight is 262 g/mol. The van der Waals surface area contributed by atoms with Gasteiger partial charge < -0.3 is 15.7 Å². The highest BCUT2D eigenvalue weighted by Crippen LogP contribution is 2.19. The van der Waals surface area contributed by atoms with Gasteiger partial charge in [-0.15, -0.1) is 0 Å². The van der Waals surface area contributed by atoms with Gasteiger partial charge in [-0.3, -0.25) is 0 Å². The van der Waals surface area contributed by atoms with Crippen LogP contribution in [0.3, 0.4) is 0 Å². The molecule has 0 aliphatic carbocycles. The molecule has 0 aromatic rings. The van der Waals surface area contributed by atoms with Crippen molar-refractivity contribution in [3.63, 3.8) is 0 Å². The first-order valence-corrected chi connectivity index (χ1v) is 6.86. The fourth-order valence-corrected chi connectivity index (χ4v) is 1.92. The molecule has 0 heterocycles. The third-order valence-corrected chi connectivity index (χ3v) is 3.02. The summed E-state index contributed by atoms with van der Waals surface area (Å²) in [6.45, 7) is 7.20. The van der Waals surface area contributed by atoms with Gasteiger partial charge in [0.2, 0.25) is 0 Å². The second kappa shape index (κ2) is 6.74. The number of amides is 2. The van der Waals surface area contributed by atoms with Crippen molar-refractivity contribution in [3.05, 3.63) is 0 Å². The van der Waals surface area contributed by atoms with Crippen LogP contribution in [0.4, 0.5) is 4.79 Å². The topological polar surface area (TPSA) is 78.4 Å². The van der Waals surface area contributed by atoms with E-state index in [1.165, 1.54) is 0 Å². The van der Waals surface area contributed by atoms with Crippen LogP contribution in [0.15, 0.2) is 0 Å². The van der Waals surface area contributed by atoms with E-state index in [-0.39, 0.29) is 6.04 Å². The average Bonchev–Trinajstić information content (AvgIpc) is 2.12. The van der Waals surface area contributed by atoms with Gasteiger partial charge in [0.1, 0.15) is 6.04 Å². The van der Waals surface area contributed by atoms with Crippen LogP contribution in [0.1, 0.15) is 27.7 Å². The third kappa shape index (κ3) is 6.41. The molecule has 0 spiro atoms. The molecule has 3 N–H and O–H groups in total. The molecule has 0 aliphatic heterocycles. The molecule has 0 bridgehead atoms. The van der Waals surface area contributed by atoms with Crippen LogP contribution in [-0.2, 0) is 4.79 Å². The highest BCUT2D eigenvalue weighted by molar-refractivity contribution is 7.98. The Hall–Kier alpha value is -0.910. The van der Waals surface area contributed by atoms with Gasteiger partial charge >= 0.3 is 12.0 Å². The Balaban J connectivity index is 4.38. The number of thioether (sulfide) groups is 1. The van der Waals surface area contributed by atoms with E-state index in [4.69, 9.17) is 5.11 Å². The summed E-state index contributed by atoms with van der Waals surface area (Å²) < 4.78 is 0. The molecule has 0 radical (unpaired) electrons. The SMILES string of the molecule is CSCC(C)NC(=O)NC(C(=O)O)C(C)(C)C. The quantitative estimate of drug-likeness (QED) is 0.702. The van der Waals surface area contributed by atoms with Crippen LogP contribution in [-0.4, -0.2) is 41.2 Å². The maximum absolute atomic E-state index is 11.6. The molecule has 0 rings (SSSR count). The molecule has 5 nitrogen and oxygen atoms in total. The molecule has 0 aliphatic rings. The normalized spacial score (nSPS) is 14.9. The summed E-state index contributed by atoms with van der Waals surface area (Å²) in [6.07, 6.45) is 1.95. The smallest absolute Gasteiger partial charge is 0.326 e. The number of rotatable bonds is 5. The van der Waals surface area contributed by atoms with Gasteiger partial charge in [-0.2, -0.15) is 11.8 Å². The second-order valence-electron chi connectivity index (χ2n) is 5.11. The van der Waals surface area contributed by atoms with Crippen LogP contribution in [0.2, 0.25) is 0 Å². The van der Waals surface area contributed by atoms with E-state index >= 15 is 0 Å². The number of carbonyl (C=O) groups excluding carboxylic acids is 1. The Morgan fingerprint density at radius 3 is 2.18 bits per heavy atom. The molecule has 17 heavy (non-hydrogen) atoms. The lowest BCUT2D eigenvalue weighted by atomic mass is 9.87. The largest absolute Gasteiger partial charge is 0.480 e. The van der Waals surface area contributed by atoms with E-state index in [9.17, 15) is 9.59 Å². The van der Waals surface area contributed by atoms with Crippen molar-refractivity contribution in [1.29, 1.82) is 0 Å². The molecule has 0 fully saturated rings. The molecular formula is C11H22N2O3S. The Morgan fingerprint density at radius 1 is 1.29 bits per heavy atom. The minimum absolute atomic E-state index is 0.0133. The number of hydrogen-bond donors (Lipinski definition) is 3. The molecule has 100 valence electrons. The minimum atomic E-state index is -1.02. The first kappa shape index (κ1) is 16.1. The zero-order valence-corrected chi connectivity index (χ0v) is 11.9. The predicted molar refractivity (Wildman–Crippen MR) is 70.4 cm³/mol. The van der Waals surface area contributed by atoms with Gasteiger partial charge in [0, 0.05) is 11.8 Å². The second-order valence-corrected chi connectivity index (χ2v) is 6.02.